The molecule has 13 heavy (non-hydrogen) atoms. The van der Waals surface area contributed by atoms with Gasteiger partial charge in [-0.05, 0) is 49.4 Å². The highest BCUT2D eigenvalue weighted by molar-refractivity contribution is 4.88. The Morgan fingerprint density at radius 3 is 2.23 bits per heavy atom. The van der Waals surface area contributed by atoms with E-state index < -0.39 is 0 Å². The van der Waals surface area contributed by atoms with Crippen LogP contribution in [0.3, 0.4) is 0 Å². The van der Waals surface area contributed by atoms with Crippen LogP contribution in [-0.4, -0.2) is 0 Å². The summed E-state index contributed by atoms with van der Waals surface area (Å²) in [6.07, 6.45) is 14.2. The van der Waals surface area contributed by atoms with Crippen LogP contribution in [0.4, 0.5) is 0 Å². The SMILES string of the molecule is C1CCC2CCC3CC(C1)CC2C3. The van der Waals surface area contributed by atoms with E-state index in [2.05, 4.69) is 0 Å². The Kier molecular flexibility index (Phi) is 2.11. The normalized spacial score (nSPS) is 49.8. The van der Waals surface area contributed by atoms with E-state index in [1.165, 1.54) is 0 Å². The average molecular weight is 178 g/mol. The van der Waals surface area contributed by atoms with Crippen LogP contribution in [0.15, 0.2) is 0 Å². The molecule has 3 bridgehead atoms. The van der Waals surface area contributed by atoms with Crippen LogP contribution in [0.5, 0.6) is 0 Å². The Morgan fingerprint density at radius 2 is 1.31 bits per heavy atom. The topological polar surface area (TPSA) is 0 Å². The van der Waals surface area contributed by atoms with Gasteiger partial charge in [-0.3, -0.25) is 0 Å². The molecule has 0 aromatic carbocycles. The molecule has 74 valence electrons. The van der Waals surface area contributed by atoms with Gasteiger partial charge in [-0.25, -0.2) is 0 Å². The Balaban J connectivity index is 1.79. The van der Waals surface area contributed by atoms with Gasteiger partial charge in [0.15, 0.2) is 0 Å². The van der Waals surface area contributed by atoms with Crippen molar-refractivity contribution in [2.24, 2.45) is 23.7 Å². The zero-order valence-corrected chi connectivity index (χ0v) is 8.67. The Morgan fingerprint density at radius 1 is 0.538 bits per heavy atom. The fourth-order valence-electron chi connectivity index (χ4n) is 4.38. The molecule has 3 fully saturated rings. The molecule has 0 heterocycles. The largest absolute Gasteiger partial charge is 0.0530 e. The van der Waals surface area contributed by atoms with Crippen molar-refractivity contribution in [3.63, 3.8) is 0 Å². The predicted octanol–water partition coefficient (Wildman–Crippen LogP) is 4.00. The zero-order valence-electron chi connectivity index (χ0n) is 8.67. The van der Waals surface area contributed by atoms with Gasteiger partial charge in [0.2, 0.25) is 0 Å². The zero-order chi connectivity index (χ0) is 8.67. The lowest BCUT2D eigenvalue weighted by Crippen LogP contribution is -2.34. The summed E-state index contributed by atoms with van der Waals surface area (Å²) in [7, 11) is 0. The summed E-state index contributed by atoms with van der Waals surface area (Å²) < 4.78 is 0. The molecule has 0 aromatic rings. The van der Waals surface area contributed by atoms with E-state index in [4.69, 9.17) is 0 Å². The second kappa shape index (κ2) is 3.29. The van der Waals surface area contributed by atoms with Gasteiger partial charge in [0.05, 0.1) is 0 Å². The Labute approximate surface area is 82.1 Å². The molecule has 0 nitrogen and oxygen atoms in total. The molecule has 4 unspecified atom stereocenters. The van der Waals surface area contributed by atoms with Gasteiger partial charge in [-0.1, -0.05) is 32.1 Å². The number of rotatable bonds is 0. The molecule has 0 spiro atoms. The molecule has 0 amide bonds. The summed E-state index contributed by atoms with van der Waals surface area (Å²) in [5, 5.41) is 0. The first kappa shape index (κ1) is 8.32. The van der Waals surface area contributed by atoms with E-state index in [1.54, 1.807) is 57.8 Å². The van der Waals surface area contributed by atoms with Crippen molar-refractivity contribution >= 4 is 0 Å². The van der Waals surface area contributed by atoms with Crippen molar-refractivity contribution in [1.82, 2.24) is 0 Å². The lowest BCUT2D eigenvalue weighted by molar-refractivity contribution is 0.0609. The summed E-state index contributed by atoms with van der Waals surface area (Å²) >= 11 is 0. The van der Waals surface area contributed by atoms with Gasteiger partial charge < -0.3 is 0 Å². The van der Waals surface area contributed by atoms with E-state index in [-0.39, 0.29) is 0 Å². The highest BCUT2D eigenvalue weighted by atomic mass is 14.4. The van der Waals surface area contributed by atoms with Crippen molar-refractivity contribution in [2.45, 2.75) is 57.8 Å². The summed E-state index contributed by atoms with van der Waals surface area (Å²) in [6, 6.07) is 0. The summed E-state index contributed by atoms with van der Waals surface area (Å²) in [6.45, 7) is 0. The van der Waals surface area contributed by atoms with Crippen LogP contribution in [0, 0.1) is 23.7 Å². The molecule has 4 atom stereocenters. The van der Waals surface area contributed by atoms with Gasteiger partial charge in [-0.15, -0.1) is 0 Å². The maximum absolute atomic E-state index is 1.61. The lowest BCUT2D eigenvalue weighted by Gasteiger charge is -2.45. The van der Waals surface area contributed by atoms with Gasteiger partial charge in [-0.2, -0.15) is 0 Å². The van der Waals surface area contributed by atoms with E-state index in [0.717, 1.165) is 23.7 Å². The average Bonchev–Trinajstić information content (AvgIpc) is 2.14. The first-order valence-electron chi connectivity index (χ1n) is 6.42. The third kappa shape index (κ3) is 1.53. The highest BCUT2D eigenvalue weighted by Gasteiger charge is 2.37. The molecule has 3 aliphatic carbocycles. The summed E-state index contributed by atoms with van der Waals surface area (Å²) in [5.41, 5.74) is 0. The fourth-order valence-corrected chi connectivity index (χ4v) is 4.38. The lowest BCUT2D eigenvalue weighted by atomic mass is 9.60. The van der Waals surface area contributed by atoms with Crippen molar-refractivity contribution in [3.05, 3.63) is 0 Å². The molecular formula is C13H22. The van der Waals surface area contributed by atoms with Gasteiger partial charge in [0.25, 0.3) is 0 Å². The van der Waals surface area contributed by atoms with Gasteiger partial charge in [0.1, 0.15) is 0 Å². The second-order valence-electron chi connectivity index (χ2n) is 5.82. The van der Waals surface area contributed by atoms with Crippen LogP contribution in [-0.2, 0) is 0 Å². The van der Waals surface area contributed by atoms with Crippen molar-refractivity contribution in [3.8, 4) is 0 Å². The van der Waals surface area contributed by atoms with E-state index in [1.807, 2.05) is 0 Å². The third-order valence-corrected chi connectivity index (χ3v) is 4.99. The molecule has 0 N–H and O–H groups in total. The van der Waals surface area contributed by atoms with Crippen molar-refractivity contribution in [1.29, 1.82) is 0 Å². The van der Waals surface area contributed by atoms with Crippen molar-refractivity contribution < 1.29 is 0 Å². The Bertz CT molecular complexity index is 180. The summed E-state index contributed by atoms with van der Waals surface area (Å²) in [4.78, 5) is 0. The molecular weight excluding hydrogens is 156 g/mol. The fraction of sp³-hybridized carbons (Fsp3) is 1.00. The maximum atomic E-state index is 1.61. The molecule has 0 radical (unpaired) electrons. The molecule has 3 rings (SSSR count). The molecule has 0 saturated heterocycles. The molecule has 0 aromatic heterocycles. The van der Waals surface area contributed by atoms with Crippen LogP contribution in [0.25, 0.3) is 0 Å². The van der Waals surface area contributed by atoms with E-state index >= 15 is 0 Å². The summed E-state index contributed by atoms with van der Waals surface area (Å²) in [5.74, 6) is 4.61. The minimum absolute atomic E-state index is 1.15. The minimum atomic E-state index is 1.15. The first-order valence-corrected chi connectivity index (χ1v) is 6.42. The van der Waals surface area contributed by atoms with Gasteiger partial charge in [0, 0.05) is 0 Å². The predicted molar refractivity (Wildman–Crippen MR) is 55.5 cm³/mol. The quantitative estimate of drug-likeness (QED) is 0.526. The van der Waals surface area contributed by atoms with E-state index in [0.29, 0.717) is 0 Å². The molecule has 3 aliphatic rings. The van der Waals surface area contributed by atoms with Crippen LogP contribution in [0.1, 0.15) is 57.8 Å². The monoisotopic (exact) mass is 178 g/mol. The highest BCUT2D eigenvalue weighted by Crippen LogP contribution is 2.49. The maximum Gasteiger partial charge on any atom is -0.0381 e. The van der Waals surface area contributed by atoms with Crippen LogP contribution < -0.4 is 0 Å². The van der Waals surface area contributed by atoms with Crippen molar-refractivity contribution in [2.75, 3.05) is 0 Å². The molecule has 3 saturated carbocycles. The van der Waals surface area contributed by atoms with Gasteiger partial charge >= 0.3 is 0 Å². The van der Waals surface area contributed by atoms with E-state index in [9.17, 15) is 0 Å². The Hall–Kier alpha value is 0. The van der Waals surface area contributed by atoms with Crippen LogP contribution >= 0.6 is 0 Å². The van der Waals surface area contributed by atoms with Crippen LogP contribution in [0.2, 0.25) is 0 Å². The third-order valence-electron chi connectivity index (χ3n) is 4.99. The smallest absolute Gasteiger partial charge is 0.0381 e. The number of fused-ring (bicyclic) bond motifs is 2. The number of hydrogen-bond acceptors (Lipinski definition) is 0. The second-order valence-corrected chi connectivity index (χ2v) is 5.82. The standard InChI is InChI=1S/C13H22/c1-2-4-12-6-5-11-7-10(3-1)8-13(12)9-11/h10-13H,1-9H2. The number of hydrogen-bond donors (Lipinski definition) is 0. The minimum Gasteiger partial charge on any atom is -0.0530 e. The molecule has 0 heteroatoms. The molecule has 0 aliphatic heterocycles. The first-order chi connectivity index (χ1) is 6.42.